The Morgan fingerprint density at radius 3 is 3.00 bits per heavy atom. The predicted octanol–water partition coefficient (Wildman–Crippen LogP) is 3.14. The largest absolute Gasteiger partial charge is 0.358 e. The molecule has 0 saturated carbocycles. The quantitative estimate of drug-likeness (QED) is 0.833. The highest BCUT2D eigenvalue weighted by Crippen LogP contribution is 2.26. The van der Waals surface area contributed by atoms with Gasteiger partial charge in [0.15, 0.2) is 5.82 Å². The lowest BCUT2D eigenvalue weighted by molar-refractivity contribution is 0.631. The summed E-state index contributed by atoms with van der Waals surface area (Å²) < 4.78 is 13.9. The molecule has 1 N–H and O–H groups in total. The molecule has 0 spiro atoms. The van der Waals surface area contributed by atoms with Gasteiger partial charge < -0.3 is 4.98 Å². The zero-order valence-corrected chi connectivity index (χ0v) is 8.73. The molecule has 0 radical (unpaired) electrons. The van der Waals surface area contributed by atoms with Crippen LogP contribution in [0.3, 0.4) is 0 Å². The SMILES string of the molecule is N#CCc1c[nH]c2c(F)c(Br)ccc12. The fourth-order valence-corrected chi connectivity index (χ4v) is 1.76. The minimum atomic E-state index is -0.313. The van der Waals surface area contributed by atoms with Crippen LogP contribution in [0.2, 0.25) is 0 Å². The number of halogens is 2. The molecule has 70 valence electrons. The summed E-state index contributed by atoms with van der Waals surface area (Å²) >= 11 is 3.10. The maximum Gasteiger partial charge on any atom is 0.161 e. The number of fused-ring (bicyclic) bond motifs is 1. The molecule has 0 fully saturated rings. The number of nitrogens with zero attached hydrogens (tertiary/aromatic N) is 1. The van der Waals surface area contributed by atoms with Crippen LogP contribution < -0.4 is 0 Å². The molecule has 14 heavy (non-hydrogen) atoms. The van der Waals surface area contributed by atoms with Gasteiger partial charge in [0, 0.05) is 11.6 Å². The Hall–Kier alpha value is -1.34. The summed E-state index contributed by atoms with van der Waals surface area (Å²) in [6.45, 7) is 0. The van der Waals surface area contributed by atoms with E-state index in [1.165, 1.54) is 0 Å². The van der Waals surface area contributed by atoms with E-state index in [9.17, 15) is 4.39 Å². The van der Waals surface area contributed by atoms with E-state index < -0.39 is 0 Å². The van der Waals surface area contributed by atoms with E-state index in [2.05, 4.69) is 20.9 Å². The van der Waals surface area contributed by atoms with Crippen molar-refractivity contribution < 1.29 is 4.39 Å². The first kappa shape index (κ1) is 9.22. The van der Waals surface area contributed by atoms with E-state index in [0.717, 1.165) is 10.9 Å². The monoisotopic (exact) mass is 252 g/mol. The van der Waals surface area contributed by atoms with Crippen LogP contribution in [0.25, 0.3) is 10.9 Å². The lowest BCUT2D eigenvalue weighted by Crippen LogP contribution is -1.81. The van der Waals surface area contributed by atoms with Gasteiger partial charge in [0.1, 0.15) is 0 Å². The number of nitriles is 1. The van der Waals surface area contributed by atoms with Crippen LogP contribution in [-0.2, 0) is 6.42 Å². The van der Waals surface area contributed by atoms with Gasteiger partial charge in [0.05, 0.1) is 22.5 Å². The average Bonchev–Trinajstić information content (AvgIpc) is 2.57. The van der Waals surface area contributed by atoms with Gasteiger partial charge in [0.25, 0.3) is 0 Å². The fraction of sp³-hybridized carbons (Fsp3) is 0.100. The lowest BCUT2D eigenvalue weighted by atomic mass is 10.1. The molecule has 0 saturated heterocycles. The molecule has 0 atom stereocenters. The number of aromatic amines is 1. The first-order valence-electron chi connectivity index (χ1n) is 4.05. The number of nitrogens with one attached hydrogen (secondary N) is 1. The summed E-state index contributed by atoms with van der Waals surface area (Å²) in [4.78, 5) is 2.83. The normalized spacial score (nSPS) is 10.4. The molecular weight excluding hydrogens is 247 g/mol. The second kappa shape index (κ2) is 3.43. The van der Waals surface area contributed by atoms with Crippen LogP contribution in [0.15, 0.2) is 22.8 Å². The second-order valence-electron chi connectivity index (χ2n) is 2.93. The number of hydrogen-bond donors (Lipinski definition) is 1. The average molecular weight is 253 g/mol. The molecule has 2 rings (SSSR count). The molecule has 1 heterocycles. The maximum absolute atomic E-state index is 13.5. The highest BCUT2D eigenvalue weighted by Gasteiger charge is 2.09. The van der Waals surface area contributed by atoms with Crippen LogP contribution in [-0.4, -0.2) is 4.98 Å². The van der Waals surface area contributed by atoms with Gasteiger partial charge in [-0.25, -0.2) is 4.39 Å². The van der Waals surface area contributed by atoms with Crippen molar-refractivity contribution in [1.29, 1.82) is 5.26 Å². The van der Waals surface area contributed by atoms with E-state index in [0.29, 0.717) is 16.4 Å². The fourth-order valence-electron chi connectivity index (χ4n) is 1.43. The zero-order valence-electron chi connectivity index (χ0n) is 7.14. The van der Waals surface area contributed by atoms with Gasteiger partial charge >= 0.3 is 0 Å². The topological polar surface area (TPSA) is 39.6 Å². The molecule has 0 bridgehead atoms. The van der Waals surface area contributed by atoms with Gasteiger partial charge in [-0.15, -0.1) is 0 Å². The van der Waals surface area contributed by atoms with E-state index in [1.807, 2.05) is 6.07 Å². The molecule has 1 aromatic carbocycles. The molecule has 0 unspecified atom stereocenters. The first-order chi connectivity index (χ1) is 6.74. The van der Waals surface area contributed by atoms with Crippen LogP contribution in [0, 0.1) is 17.1 Å². The first-order valence-corrected chi connectivity index (χ1v) is 4.84. The molecule has 0 aliphatic heterocycles. The highest BCUT2D eigenvalue weighted by molar-refractivity contribution is 9.10. The Bertz CT molecular complexity index is 525. The van der Waals surface area contributed by atoms with Crippen LogP contribution in [0.4, 0.5) is 4.39 Å². The van der Waals surface area contributed by atoms with Gasteiger partial charge in [-0.2, -0.15) is 5.26 Å². The Morgan fingerprint density at radius 2 is 2.29 bits per heavy atom. The van der Waals surface area contributed by atoms with E-state index in [1.54, 1.807) is 18.3 Å². The number of rotatable bonds is 1. The molecule has 1 aromatic heterocycles. The second-order valence-corrected chi connectivity index (χ2v) is 3.79. The van der Waals surface area contributed by atoms with Gasteiger partial charge in [0.2, 0.25) is 0 Å². The standard InChI is InChI=1S/C10H6BrFN2/c11-8-2-1-7-6(3-4-13)5-14-10(7)9(8)12/h1-2,5,14H,3H2. The summed E-state index contributed by atoms with van der Waals surface area (Å²) in [6.07, 6.45) is 1.96. The Balaban J connectivity index is 2.72. The van der Waals surface area contributed by atoms with Crippen molar-refractivity contribution in [3.05, 3.63) is 34.2 Å². The summed E-state index contributed by atoms with van der Waals surface area (Å²) in [7, 11) is 0. The van der Waals surface area contributed by atoms with Gasteiger partial charge in [-0.05, 0) is 27.6 Å². The molecule has 0 aliphatic rings. The molecule has 2 nitrogen and oxygen atoms in total. The Kier molecular flexibility index (Phi) is 2.26. The number of H-pyrrole nitrogens is 1. The smallest absolute Gasteiger partial charge is 0.161 e. The molecule has 4 heteroatoms. The Labute approximate surface area is 88.5 Å². The third-order valence-corrected chi connectivity index (χ3v) is 2.71. The lowest BCUT2D eigenvalue weighted by Gasteiger charge is -1.96. The molecule has 0 amide bonds. The Morgan fingerprint density at radius 1 is 1.50 bits per heavy atom. The van der Waals surface area contributed by atoms with Crippen molar-refractivity contribution >= 4 is 26.8 Å². The maximum atomic E-state index is 13.5. The molecule has 2 aromatic rings. The zero-order chi connectivity index (χ0) is 10.1. The summed E-state index contributed by atoms with van der Waals surface area (Å²) in [5.74, 6) is -0.313. The minimum absolute atomic E-state index is 0.293. The van der Waals surface area contributed by atoms with Crippen LogP contribution in [0.1, 0.15) is 5.56 Å². The molecular formula is C10H6BrFN2. The number of hydrogen-bond acceptors (Lipinski definition) is 1. The van der Waals surface area contributed by atoms with Crippen molar-refractivity contribution in [2.75, 3.05) is 0 Å². The highest BCUT2D eigenvalue weighted by atomic mass is 79.9. The van der Waals surface area contributed by atoms with Crippen molar-refractivity contribution in [2.45, 2.75) is 6.42 Å². The third kappa shape index (κ3) is 1.30. The van der Waals surface area contributed by atoms with E-state index in [4.69, 9.17) is 5.26 Å². The van der Waals surface area contributed by atoms with Gasteiger partial charge in [-0.1, -0.05) is 6.07 Å². The van der Waals surface area contributed by atoms with E-state index in [-0.39, 0.29) is 5.82 Å². The van der Waals surface area contributed by atoms with Crippen molar-refractivity contribution in [2.24, 2.45) is 0 Å². The molecule has 0 aliphatic carbocycles. The van der Waals surface area contributed by atoms with Crippen molar-refractivity contribution in [3.8, 4) is 6.07 Å². The summed E-state index contributed by atoms with van der Waals surface area (Å²) in [6, 6.07) is 5.48. The van der Waals surface area contributed by atoms with E-state index >= 15 is 0 Å². The summed E-state index contributed by atoms with van der Waals surface area (Å²) in [5.41, 5.74) is 1.28. The minimum Gasteiger partial charge on any atom is -0.358 e. The third-order valence-electron chi connectivity index (χ3n) is 2.10. The summed E-state index contributed by atoms with van der Waals surface area (Å²) in [5, 5.41) is 9.33. The van der Waals surface area contributed by atoms with Crippen molar-refractivity contribution in [3.63, 3.8) is 0 Å². The van der Waals surface area contributed by atoms with Crippen LogP contribution >= 0.6 is 15.9 Å². The van der Waals surface area contributed by atoms with Crippen molar-refractivity contribution in [1.82, 2.24) is 4.98 Å². The van der Waals surface area contributed by atoms with Gasteiger partial charge in [-0.3, -0.25) is 0 Å². The number of benzene rings is 1. The number of aromatic nitrogens is 1. The predicted molar refractivity (Wildman–Crippen MR) is 55.3 cm³/mol. The van der Waals surface area contributed by atoms with Crippen LogP contribution in [0.5, 0.6) is 0 Å².